The quantitative estimate of drug-likeness (QED) is 0.853. The number of morpholine rings is 1. The number of carbonyl (C=O) groups excluding carboxylic acids is 2. The van der Waals surface area contributed by atoms with Crippen molar-refractivity contribution in [2.24, 2.45) is 0 Å². The first kappa shape index (κ1) is 16.3. The third kappa shape index (κ3) is 2.97. The molecule has 2 fully saturated rings. The number of amides is 2. The number of nitrogens with one attached hydrogen (secondary N) is 1. The average Bonchev–Trinajstić information content (AvgIpc) is 3.11. The lowest BCUT2D eigenvalue weighted by Crippen LogP contribution is -2.58. The van der Waals surface area contributed by atoms with Crippen LogP contribution in [0.4, 0.5) is 0 Å². The standard InChI is InChI=1S/C18H23N3O4/c1-24-16-13(9-12-3-2-4-14(12)20-16)17(23)21-7-5-18(6-8-21)11-19-15(22)10-25-18/h9H,2-8,10-11H2,1H3,(H,19,22). The molecule has 0 saturated carbocycles. The molecular weight excluding hydrogens is 322 g/mol. The van der Waals surface area contributed by atoms with E-state index >= 15 is 0 Å². The highest BCUT2D eigenvalue weighted by molar-refractivity contribution is 5.96. The predicted molar refractivity (Wildman–Crippen MR) is 89.6 cm³/mol. The summed E-state index contributed by atoms with van der Waals surface area (Å²) in [6.07, 6.45) is 4.45. The Kier molecular flexibility index (Phi) is 4.11. The van der Waals surface area contributed by atoms with Crippen LogP contribution < -0.4 is 10.1 Å². The van der Waals surface area contributed by atoms with Gasteiger partial charge >= 0.3 is 0 Å². The summed E-state index contributed by atoms with van der Waals surface area (Å²) in [6, 6.07) is 1.96. The van der Waals surface area contributed by atoms with Gasteiger partial charge in [0.1, 0.15) is 12.2 Å². The minimum absolute atomic E-state index is 0.0336. The highest BCUT2D eigenvalue weighted by Crippen LogP contribution is 2.31. The van der Waals surface area contributed by atoms with E-state index in [1.807, 2.05) is 11.0 Å². The van der Waals surface area contributed by atoms with Gasteiger partial charge in [0.05, 0.1) is 12.7 Å². The molecule has 1 N–H and O–H groups in total. The van der Waals surface area contributed by atoms with E-state index in [4.69, 9.17) is 9.47 Å². The zero-order chi connectivity index (χ0) is 17.4. The van der Waals surface area contributed by atoms with Gasteiger partial charge in [0, 0.05) is 25.3 Å². The molecule has 0 unspecified atom stereocenters. The smallest absolute Gasteiger partial charge is 0.259 e. The molecule has 0 radical (unpaired) electrons. The minimum Gasteiger partial charge on any atom is -0.480 e. The Morgan fingerprint density at radius 1 is 1.36 bits per heavy atom. The van der Waals surface area contributed by atoms with Crippen LogP contribution in [0.3, 0.4) is 0 Å². The van der Waals surface area contributed by atoms with E-state index < -0.39 is 0 Å². The molecule has 7 heteroatoms. The molecule has 1 aliphatic carbocycles. The number of aryl methyl sites for hydroxylation is 2. The number of hydrogen-bond acceptors (Lipinski definition) is 5. The van der Waals surface area contributed by atoms with Gasteiger partial charge in [-0.25, -0.2) is 4.98 Å². The third-order valence-electron chi connectivity index (χ3n) is 5.52. The highest BCUT2D eigenvalue weighted by Gasteiger charge is 2.40. The lowest BCUT2D eigenvalue weighted by molar-refractivity contribution is -0.149. The number of rotatable bonds is 2. The fourth-order valence-corrected chi connectivity index (χ4v) is 3.95. The van der Waals surface area contributed by atoms with Crippen molar-refractivity contribution in [2.45, 2.75) is 37.7 Å². The van der Waals surface area contributed by atoms with E-state index in [1.165, 1.54) is 0 Å². The number of hydrogen-bond donors (Lipinski definition) is 1. The molecule has 0 aromatic carbocycles. The Labute approximate surface area is 146 Å². The van der Waals surface area contributed by atoms with Crippen LogP contribution in [-0.2, 0) is 22.4 Å². The molecule has 2 amide bonds. The number of piperidine rings is 1. The number of fused-ring (bicyclic) bond motifs is 1. The van der Waals surface area contributed by atoms with Crippen LogP contribution in [0.15, 0.2) is 6.07 Å². The summed E-state index contributed by atoms with van der Waals surface area (Å²) in [5, 5.41) is 2.87. The molecule has 7 nitrogen and oxygen atoms in total. The van der Waals surface area contributed by atoms with Crippen LogP contribution in [0.2, 0.25) is 0 Å². The summed E-state index contributed by atoms with van der Waals surface area (Å²) in [4.78, 5) is 30.7. The van der Waals surface area contributed by atoms with Crippen LogP contribution in [0.5, 0.6) is 5.88 Å². The van der Waals surface area contributed by atoms with Gasteiger partial charge < -0.3 is 19.7 Å². The second kappa shape index (κ2) is 6.29. The number of methoxy groups -OCH3 is 1. The Morgan fingerprint density at radius 3 is 2.84 bits per heavy atom. The Hall–Kier alpha value is -2.15. The molecule has 1 aromatic rings. The maximum absolute atomic E-state index is 13.0. The van der Waals surface area contributed by atoms with E-state index in [0.29, 0.717) is 31.1 Å². The van der Waals surface area contributed by atoms with Crippen LogP contribution in [0.25, 0.3) is 0 Å². The molecule has 25 heavy (non-hydrogen) atoms. The Balaban J connectivity index is 1.48. The summed E-state index contributed by atoms with van der Waals surface area (Å²) < 4.78 is 11.1. The molecule has 4 rings (SSSR count). The van der Waals surface area contributed by atoms with Gasteiger partial charge in [0.15, 0.2) is 0 Å². The number of ether oxygens (including phenoxy) is 2. The van der Waals surface area contributed by atoms with Gasteiger partial charge in [-0.2, -0.15) is 0 Å². The largest absolute Gasteiger partial charge is 0.480 e. The minimum atomic E-state index is -0.328. The van der Waals surface area contributed by atoms with Crippen LogP contribution in [-0.4, -0.2) is 60.7 Å². The van der Waals surface area contributed by atoms with E-state index in [-0.39, 0.29) is 24.0 Å². The molecule has 2 aliphatic heterocycles. The van der Waals surface area contributed by atoms with Crippen molar-refractivity contribution in [3.05, 3.63) is 22.9 Å². The maximum Gasteiger partial charge on any atom is 0.259 e. The highest BCUT2D eigenvalue weighted by atomic mass is 16.5. The van der Waals surface area contributed by atoms with Gasteiger partial charge in [-0.3, -0.25) is 9.59 Å². The van der Waals surface area contributed by atoms with Crippen LogP contribution in [0, 0.1) is 0 Å². The summed E-state index contributed by atoms with van der Waals surface area (Å²) in [5.74, 6) is 0.318. The molecule has 3 heterocycles. The summed E-state index contributed by atoms with van der Waals surface area (Å²) in [7, 11) is 1.56. The molecule has 0 bridgehead atoms. The molecular formula is C18H23N3O4. The van der Waals surface area contributed by atoms with Gasteiger partial charge in [0.25, 0.3) is 5.91 Å². The van der Waals surface area contributed by atoms with Crippen LogP contribution >= 0.6 is 0 Å². The second-order valence-corrected chi connectivity index (χ2v) is 7.05. The van der Waals surface area contributed by atoms with Crippen molar-refractivity contribution in [3.63, 3.8) is 0 Å². The normalized spacial score (nSPS) is 21.8. The first-order valence-corrected chi connectivity index (χ1v) is 8.87. The lowest BCUT2D eigenvalue weighted by Gasteiger charge is -2.43. The number of carbonyl (C=O) groups is 2. The summed E-state index contributed by atoms with van der Waals surface area (Å²) >= 11 is 0. The van der Waals surface area contributed by atoms with Gasteiger partial charge in [0.2, 0.25) is 11.8 Å². The van der Waals surface area contributed by atoms with Gasteiger partial charge in [-0.15, -0.1) is 0 Å². The zero-order valence-corrected chi connectivity index (χ0v) is 14.5. The van der Waals surface area contributed by atoms with E-state index in [9.17, 15) is 9.59 Å². The number of likely N-dealkylation sites (tertiary alicyclic amines) is 1. The van der Waals surface area contributed by atoms with Crippen molar-refractivity contribution >= 4 is 11.8 Å². The molecule has 2 saturated heterocycles. The first-order chi connectivity index (χ1) is 12.1. The summed E-state index contributed by atoms with van der Waals surface area (Å²) in [5.41, 5.74) is 2.44. The fraction of sp³-hybridized carbons (Fsp3) is 0.611. The van der Waals surface area contributed by atoms with Crippen molar-refractivity contribution < 1.29 is 19.1 Å². The zero-order valence-electron chi connectivity index (χ0n) is 14.5. The Bertz CT molecular complexity index is 699. The van der Waals surface area contributed by atoms with Crippen molar-refractivity contribution in [1.29, 1.82) is 0 Å². The van der Waals surface area contributed by atoms with E-state index in [1.54, 1.807) is 7.11 Å². The maximum atomic E-state index is 13.0. The number of pyridine rings is 1. The molecule has 3 aliphatic rings. The fourth-order valence-electron chi connectivity index (χ4n) is 3.95. The third-order valence-corrected chi connectivity index (χ3v) is 5.52. The topological polar surface area (TPSA) is 80.8 Å². The SMILES string of the molecule is COc1nc2c(cc1C(=O)N1CCC3(CC1)CNC(=O)CO3)CCC2. The predicted octanol–water partition coefficient (Wildman–Crippen LogP) is 0.700. The van der Waals surface area contributed by atoms with Crippen molar-refractivity contribution in [1.82, 2.24) is 15.2 Å². The van der Waals surface area contributed by atoms with Gasteiger partial charge in [-0.1, -0.05) is 0 Å². The number of nitrogens with zero attached hydrogens (tertiary/aromatic N) is 2. The molecule has 1 spiro atoms. The molecule has 134 valence electrons. The van der Waals surface area contributed by atoms with Crippen molar-refractivity contribution in [3.8, 4) is 5.88 Å². The Morgan fingerprint density at radius 2 is 2.16 bits per heavy atom. The average molecular weight is 345 g/mol. The monoisotopic (exact) mass is 345 g/mol. The van der Waals surface area contributed by atoms with Gasteiger partial charge in [-0.05, 0) is 43.7 Å². The molecule has 1 aromatic heterocycles. The van der Waals surface area contributed by atoms with E-state index in [2.05, 4.69) is 10.3 Å². The second-order valence-electron chi connectivity index (χ2n) is 7.05. The molecule has 0 atom stereocenters. The van der Waals surface area contributed by atoms with E-state index in [0.717, 1.165) is 43.4 Å². The number of aromatic nitrogens is 1. The first-order valence-electron chi connectivity index (χ1n) is 8.87. The summed E-state index contributed by atoms with van der Waals surface area (Å²) in [6.45, 7) is 1.85. The van der Waals surface area contributed by atoms with Crippen LogP contribution in [0.1, 0.15) is 40.9 Å². The lowest BCUT2D eigenvalue weighted by atomic mass is 9.89. The van der Waals surface area contributed by atoms with Crippen molar-refractivity contribution in [2.75, 3.05) is 33.4 Å².